The first-order valence-corrected chi connectivity index (χ1v) is 10.1. The Kier molecular flexibility index (Phi) is 3.22. The number of hydrogen-bond acceptors (Lipinski definition) is 3. The van der Waals surface area contributed by atoms with Crippen LogP contribution >= 0.6 is 0 Å². The molecule has 2 bridgehead atoms. The number of ether oxygens (including phenoxy) is 1. The van der Waals surface area contributed by atoms with E-state index in [1.165, 1.54) is 28.6 Å². The maximum Gasteiger partial charge on any atom is 0.139 e. The number of rotatable bonds is 1. The van der Waals surface area contributed by atoms with Gasteiger partial charge in [-0.1, -0.05) is 18.2 Å². The van der Waals surface area contributed by atoms with Crippen molar-refractivity contribution in [2.24, 2.45) is 23.7 Å². The minimum absolute atomic E-state index is 0.139. The van der Waals surface area contributed by atoms with Crippen LogP contribution in [0.3, 0.4) is 0 Å². The van der Waals surface area contributed by atoms with Gasteiger partial charge in [0, 0.05) is 49.1 Å². The van der Waals surface area contributed by atoms with Gasteiger partial charge < -0.3 is 9.72 Å². The van der Waals surface area contributed by atoms with Gasteiger partial charge in [-0.15, -0.1) is 0 Å². The van der Waals surface area contributed by atoms with Crippen molar-refractivity contribution in [1.29, 1.82) is 0 Å². The van der Waals surface area contributed by atoms with Gasteiger partial charge in [0.1, 0.15) is 5.78 Å². The number of hydrogen-bond donors (Lipinski definition) is 1. The summed E-state index contributed by atoms with van der Waals surface area (Å²) in [4.78, 5) is 19.1. The molecule has 136 valence electrons. The summed E-state index contributed by atoms with van der Waals surface area (Å²) in [7, 11) is 1.80. The van der Waals surface area contributed by atoms with Gasteiger partial charge in [0.25, 0.3) is 0 Å². The summed E-state index contributed by atoms with van der Waals surface area (Å²) >= 11 is 0. The van der Waals surface area contributed by atoms with Crippen LogP contribution in [0.5, 0.6) is 0 Å². The molecule has 6 atom stereocenters. The van der Waals surface area contributed by atoms with E-state index in [-0.39, 0.29) is 12.0 Å². The predicted molar refractivity (Wildman–Crippen MR) is 99.9 cm³/mol. The number of aromatic amines is 1. The van der Waals surface area contributed by atoms with Crippen LogP contribution < -0.4 is 0 Å². The minimum Gasteiger partial charge on any atom is -0.380 e. The third-order valence-corrected chi connectivity index (χ3v) is 7.83. The zero-order chi connectivity index (χ0) is 17.4. The molecule has 0 amide bonds. The Balaban J connectivity index is 1.40. The number of H-pyrrole nitrogens is 1. The minimum atomic E-state index is 0.139. The summed E-state index contributed by atoms with van der Waals surface area (Å²) < 4.78 is 5.81. The highest BCUT2D eigenvalue weighted by Gasteiger charge is 2.56. The van der Waals surface area contributed by atoms with Crippen LogP contribution in [-0.4, -0.2) is 42.0 Å². The first-order chi connectivity index (χ1) is 12.7. The Hall–Kier alpha value is -1.65. The van der Waals surface area contributed by atoms with Crippen molar-refractivity contribution in [3.63, 3.8) is 0 Å². The van der Waals surface area contributed by atoms with Gasteiger partial charge in [0.05, 0.1) is 12.1 Å². The zero-order valence-corrected chi connectivity index (χ0v) is 15.3. The first-order valence-electron chi connectivity index (χ1n) is 10.1. The number of carbonyl (C=O) groups excluding carboxylic acids is 1. The molecule has 2 saturated carbocycles. The van der Waals surface area contributed by atoms with E-state index in [0.717, 1.165) is 32.4 Å². The number of aromatic nitrogens is 1. The van der Waals surface area contributed by atoms with Gasteiger partial charge in [-0.25, -0.2) is 0 Å². The van der Waals surface area contributed by atoms with E-state index in [2.05, 4.69) is 34.1 Å². The van der Waals surface area contributed by atoms with E-state index in [4.69, 9.17) is 4.74 Å². The summed E-state index contributed by atoms with van der Waals surface area (Å²) in [6, 6.07) is 9.13. The number of para-hydroxylation sites is 1. The monoisotopic (exact) mass is 350 g/mol. The van der Waals surface area contributed by atoms with E-state index in [1.54, 1.807) is 7.11 Å². The molecule has 4 nitrogen and oxygen atoms in total. The molecule has 1 aromatic carbocycles. The smallest absolute Gasteiger partial charge is 0.139 e. The lowest BCUT2D eigenvalue weighted by molar-refractivity contribution is -0.130. The van der Waals surface area contributed by atoms with Crippen molar-refractivity contribution in [2.45, 2.75) is 37.8 Å². The topological polar surface area (TPSA) is 45.3 Å². The molecular weight excluding hydrogens is 324 g/mol. The first kappa shape index (κ1) is 15.4. The number of ketones is 1. The molecule has 0 radical (unpaired) electrons. The standard InChI is InChI=1S/C22H26N2O2/c1-26-22-12-8-13-11-24-7-6-15-14-4-2-3-5-17(14)23-21(15)18(24)10-16(13)20(22)19(25)9-12/h2-5,12-13,16,18,20,22-23H,6-11H2,1H3/t12-,13+,16-,18+,20+,22-/m0/s1. The number of fused-ring (bicyclic) bond motifs is 9. The molecular formula is C22H26N2O2. The molecule has 0 spiro atoms. The van der Waals surface area contributed by atoms with Crippen LogP contribution in [0.4, 0.5) is 0 Å². The predicted octanol–water partition coefficient (Wildman–Crippen LogP) is 3.33. The van der Waals surface area contributed by atoms with Crippen LogP contribution in [0.2, 0.25) is 0 Å². The average molecular weight is 350 g/mol. The lowest BCUT2D eigenvalue weighted by Gasteiger charge is -2.51. The summed E-state index contributed by atoms with van der Waals surface area (Å²) in [5, 5.41) is 1.39. The number of methoxy groups -OCH3 is 1. The van der Waals surface area contributed by atoms with E-state index < -0.39 is 0 Å². The normalized spacial score (nSPS) is 38.9. The number of nitrogens with zero attached hydrogens (tertiary/aromatic N) is 1. The highest BCUT2D eigenvalue weighted by Crippen LogP contribution is 2.54. The fraction of sp³-hybridized carbons (Fsp3) is 0.591. The molecule has 26 heavy (non-hydrogen) atoms. The van der Waals surface area contributed by atoms with E-state index in [9.17, 15) is 4.79 Å². The second kappa shape index (κ2) is 5.43. The van der Waals surface area contributed by atoms with Crippen molar-refractivity contribution in [3.8, 4) is 0 Å². The van der Waals surface area contributed by atoms with Crippen molar-refractivity contribution in [2.75, 3.05) is 20.2 Å². The second-order valence-corrected chi connectivity index (χ2v) is 8.88. The number of carbonyl (C=O) groups is 1. The fourth-order valence-electron chi connectivity index (χ4n) is 6.84. The van der Waals surface area contributed by atoms with Crippen molar-refractivity contribution < 1.29 is 9.53 Å². The molecule has 1 aromatic heterocycles. The van der Waals surface area contributed by atoms with Crippen LogP contribution in [-0.2, 0) is 16.0 Å². The quantitative estimate of drug-likeness (QED) is 0.858. The second-order valence-electron chi connectivity index (χ2n) is 8.88. The van der Waals surface area contributed by atoms with Crippen LogP contribution in [0, 0.1) is 23.7 Å². The lowest BCUT2D eigenvalue weighted by Crippen LogP contribution is -2.52. The van der Waals surface area contributed by atoms with Crippen molar-refractivity contribution in [3.05, 3.63) is 35.5 Å². The summed E-state index contributed by atoms with van der Waals surface area (Å²) in [5.74, 6) is 2.23. The Labute approximate surface area is 153 Å². The van der Waals surface area contributed by atoms with Crippen molar-refractivity contribution >= 4 is 16.7 Å². The van der Waals surface area contributed by atoms with Gasteiger partial charge >= 0.3 is 0 Å². The van der Waals surface area contributed by atoms with Gasteiger partial charge in [-0.3, -0.25) is 9.69 Å². The van der Waals surface area contributed by atoms with E-state index >= 15 is 0 Å². The summed E-state index contributed by atoms with van der Waals surface area (Å²) in [6.07, 6.45) is 4.33. The molecule has 3 fully saturated rings. The van der Waals surface area contributed by atoms with Crippen molar-refractivity contribution in [1.82, 2.24) is 9.88 Å². The molecule has 4 aliphatic rings. The Bertz CT molecular complexity index is 887. The van der Waals surface area contributed by atoms with E-state index in [1.807, 2.05) is 0 Å². The molecule has 1 saturated heterocycles. The Morgan fingerprint density at radius 3 is 2.96 bits per heavy atom. The molecule has 2 aliphatic carbocycles. The number of benzene rings is 1. The van der Waals surface area contributed by atoms with E-state index in [0.29, 0.717) is 29.6 Å². The summed E-state index contributed by atoms with van der Waals surface area (Å²) in [5.41, 5.74) is 4.18. The van der Waals surface area contributed by atoms with Gasteiger partial charge in [-0.2, -0.15) is 0 Å². The molecule has 3 heterocycles. The largest absolute Gasteiger partial charge is 0.380 e. The molecule has 6 rings (SSSR count). The van der Waals surface area contributed by atoms with Crippen LogP contribution in [0.25, 0.3) is 10.9 Å². The van der Waals surface area contributed by atoms with Crippen LogP contribution in [0.15, 0.2) is 24.3 Å². The number of nitrogens with one attached hydrogen (secondary N) is 1. The maximum absolute atomic E-state index is 12.7. The molecule has 4 heteroatoms. The number of Topliss-reactive ketones (excluding diaryl/α,β-unsaturated/α-hetero) is 1. The zero-order valence-electron chi connectivity index (χ0n) is 15.3. The maximum atomic E-state index is 12.7. The Morgan fingerprint density at radius 2 is 2.08 bits per heavy atom. The fourth-order valence-corrected chi connectivity index (χ4v) is 6.84. The SMILES string of the molecule is CO[C@H]1[C@@H]2CC(=O)[C@H]1[C@H]1C[C@@H]3c4[nH]c5ccccc5c4CCN3C[C@H]1C2. The Morgan fingerprint density at radius 1 is 1.19 bits per heavy atom. The lowest BCUT2D eigenvalue weighted by atomic mass is 9.65. The molecule has 1 N–H and O–H groups in total. The van der Waals surface area contributed by atoms with Gasteiger partial charge in [0.2, 0.25) is 0 Å². The highest BCUT2D eigenvalue weighted by molar-refractivity contribution is 5.86. The van der Waals surface area contributed by atoms with Gasteiger partial charge in [0.15, 0.2) is 0 Å². The third kappa shape index (κ3) is 1.95. The average Bonchev–Trinajstić information content (AvgIpc) is 3.14. The number of piperidine rings is 1. The molecule has 2 aliphatic heterocycles. The molecule has 0 unspecified atom stereocenters. The third-order valence-electron chi connectivity index (χ3n) is 7.83. The molecule has 2 aromatic rings. The van der Waals surface area contributed by atoms with Crippen LogP contribution in [0.1, 0.15) is 36.6 Å². The van der Waals surface area contributed by atoms with Gasteiger partial charge in [-0.05, 0) is 48.6 Å². The highest BCUT2D eigenvalue weighted by atomic mass is 16.5. The summed E-state index contributed by atoms with van der Waals surface area (Å²) in [6.45, 7) is 2.31.